The van der Waals surface area contributed by atoms with E-state index < -0.39 is 0 Å². The molecule has 0 aromatic rings. The van der Waals surface area contributed by atoms with Gasteiger partial charge in [0.25, 0.3) is 0 Å². The molecule has 1 rings (SSSR count). The fraction of sp³-hybridized carbons (Fsp3) is 0.833. The summed E-state index contributed by atoms with van der Waals surface area (Å²) in [4.78, 5) is 2.38. The summed E-state index contributed by atoms with van der Waals surface area (Å²) in [5.41, 5.74) is 6.09. The average Bonchev–Trinajstić information content (AvgIpc) is 2.29. The van der Waals surface area contributed by atoms with Crippen molar-refractivity contribution in [1.82, 2.24) is 4.90 Å². The maximum atomic E-state index is 6.09. The largest absolute Gasteiger partial charge is 0.374 e. The van der Waals surface area contributed by atoms with Crippen LogP contribution < -0.4 is 5.73 Å². The molecule has 0 radical (unpaired) electrons. The molecule has 2 unspecified atom stereocenters. The number of ether oxygens (including phenoxy) is 1. The average molecular weight is 210 g/mol. The van der Waals surface area contributed by atoms with E-state index in [9.17, 15) is 0 Å². The Bertz CT molecular complexity index is 212. The summed E-state index contributed by atoms with van der Waals surface area (Å²) in [5, 5.41) is 0. The van der Waals surface area contributed by atoms with Crippen molar-refractivity contribution in [1.29, 1.82) is 0 Å². The van der Waals surface area contributed by atoms with Gasteiger partial charge >= 0.3 is 0 Å². The minimum Gasteiger partial charge on any atom is -0.374 e. The lowest BCUT2D eigenvalue weighted by atomic mass is 10.0. The SMILES string of the molecule is C#CCCCC(N)C1CN(CC)CCO1. The topological polar surface area (TPSA) is 38.5 Å². The summed E-state index contributed by atoms with van der Waals surface area (Å²) >= 11 is 0. The Morgan fingerprint density at radius 1 is 1.67 bits per heavy atom. The summed E-state index contributed by atoms with van der Waals surface area (Å²) in [6.07, 6.45) is 8.18. The lowest BCUT2D eigenvalue weighted by Crippen LogP contribution is -2.50. The molecule has 15 heavy (non-hydrogen) atoms. The normalized spacial score (nSPS) is 24.7. The van der Waals surface area contributed by atoms with Crippen LogP contribution in [-0.2, 0) is 4.74 Å². The molecule has 0 aromatic carbocycles. The Morgan fingerprint density at radius 3 is 3.13 bits per heavy atom. The molecule has 1 aliphatic rings. The van der Waals surface area contributed by atoms with E-state index in [1.54, 1.807) is 0 Å². The summed E-state index contributed by atoms with van der Waals surface area (Å²) < 4.78 is 5.68. The minimum absolute atomic E-state index is 0.132. The molecule has 3 nitrogen and oxygen atoms in total. The van der Waals surface area contributed by atoms with Gasteiger partial charge < -0.3 is 10.5 Å². The fourth-order valence-corrected chi connectivity index (χ4v) is 1.90. The second-order valence-corrected chi connectivity index (χ2v) is 4.06. The molecule has 0 spiro atoms. The smallest absolute Gasteiger partial charge is 0.0853 e. The van der Waals surface area contributed by atoms with Crippen LogP contribution in [0.4, 0.5) is 0 Å². The van der Waals surface area contributed by atoms with Crippen LogP contribution in [0.5, 0.6) is 0 Å². The lowest BCUT2D eigenvalue weighted by molar-refractivity contribution is -0.0399. The van der Waals surface area contributed by atoms with Gasteiger partial charge in [0.05, 0.1) is 12.7 Å². The zero-order valence-electron chi connectivity index (χ0n) is 9.61. The van der Waals surface area contributed by atoms with E-state index in [0.29, 0.717) is 0 Å². The van der Waals surface area contributed by atoms with Gasteiger partial charge in [-0.3, -0.25) is 4.90 Å². The number of morpholine rings is 1. The Morgan fingerprint density at radius 2 is 2.47 bits per heavy atom. The third-order valence-electron chi connectivity index (χ3n) is 2.96. The molecule has 2 atom stereocenters. The highest BCUT2D eigenvalue weighted by Gasteiger charge is 2.24. The number of unbranched alkanes of at least 4 members (excludes halogenated alkanes) is 1. The molecule has 0 aliphatic carbocycles. The first kappa shape index (κ1) is 12.5. The number of hydrogen-bond donors (Lipinski definition) is 1. The zero-order valence-corrected chi connectivity index (χ0v) is 9.61. The molecule has 86 valence electrons. The van der Waals surface area contributed by atoms with Gasteiger partial charge in [-0.05, 0) is 19.4 Å². The van der Waals surface area contributed by atoms with Crippen LogP contribution in [0.25, 0.3) is 0 Å². The summed E-state index contributed by atoms with van der Waals surface area (Å²) in [5.74, 6) is 2.64. The van der Waals surface area contributed by atoms with Crippen molar-refractivity contribution in [3.8, 4) is 12.3 Å². The van der Waals surface area contributed by atoms with Gasteiger partial charge in [0, 0.05) is 25.6 Å². The first-order valence-corrected chi connectivity index (χ1v) is 5.81. The summed E-state index contributed by atoms with van der Waals surface area (Å²) in [6.45, 7) is 6.06. The Kier molecular flexibility index (Phi) is 5.70. The molecule has 0 saturated carbocycles. The van der Waals surface area contributed by atoms with Gasteiger partial charge in [0.15, 0.2) is 0 Å². The van der Waals surface area contributed by atoms with E-state index in [-0.39, 0.29) is 12.1 Å². The second kappa shape index (κ2) is 6.84. The third-order valence-corrected chi connectivity index (χ3v) is 2.96. The zero-order chi connectivity index (χ0) is 11.1. The first-order chi connectivity index (χ1) is 7.27. The number of terminal acetylenes is 1. The molecule has 0 bridgehead atoms. The quantitative estimate of drug-likeness (QED) is 0.540. The van der Waals surface area contributed by atoms with Crippen molar-refractivity contribution in [2.24, 2.45) is 5.73 Å². The highest BCUT2D eigenvalue weighted by Crippen LogP contribution is 2.11. The van der Waals surface area contributed by atoms with Crippen molar-refractivity contribution in [2.75, 3.05) is 26.2 Å². The number of hydrogen-bond acceptors (Lipinski definition) is 3. The summed E-state index contributed by atoms with van der Waals surface area (Å²) in [7, 11) is 0. The van der Waals surface area contributed by atoms with Crippen LogP contribution in [0.3, 0.4) is 0 Å². The van der Waals surface area contributed by atoms with Gasteiger partial charge in [0.2, 0.25) is 0 Å². The first-order valence-electron chi connectivity index (χ1n) is 5.81. The van der Waals surface area contributed by atoms with Crippen molar-refractivity contribution >= 4 is 0 Å². The maximum Gasteiger partial charge on any atom is 0.0853 e. The van der Waals surface area contributed by atoms with Crippen molar-refractivity contribution in [3.63, 3.8) is 0 Å². The van der Waals surface area contributed by atoms with E-state index in [1.807, 2.05) is 0 Å². The van der Waals surface area contributed by atoms with Crippen LogP contribution in [-0.4, -0.2) is 43.3 Å². The van der Waals surface area contributed by atoms with E-state index in [2.05, 4.69) is 17.7 Å². The molecule has 1 saturated heterocycles. The highest BCUT2D eigenvalue weighted by atomic mass is 16.5. The van der Waals surface area contributed by atoms with Gasteiger partial charge in [-0.15, -0.1) is 12.3 Å². The maximum absolute atomic E-state index is 6.09. The molecule has 1 fully saturated rings. The van der Waals surface area contributed by atoms with Gasteiger partial charge in [-0.2, -0.15) is 0 Å². The second-order valence-electron chi connectivity index (χ2n) is 4.06. The fourth-order valence-electron chi connectivity index (χ4n) is 1.90. The Balaban J connectivity index is 2.26. The summed E-state index contributed by atoms with van der Waals surface area (Å²) in [6, 6.07) is 0.132. The highest BCUT2D eigenvalue weighted by molar-refractivity contribution is 4.85. The molecular weight excluding hydrogens is 188 g/mol. The Labute approximate surface area is 93.0 Å². The van der Waals surface area contributed by atoms with Crippen molar-refractivity contribution in [2.45, 2.75) is 38.3 Å². The van der Waals surface area contributed by atoms with Gasteiger partial charge in [-0.25, -0.2) is 0 Å². The minimum atomic E-state index is 0.132. The van der Waals surface area contributed by atoms with E-state index >= 15 is 0 Å². The van der Waals surface area contributed by atoms with E-state index in [4.69, 9.17) is 16.9 Å². The number of rotatable bonds is 5. The van der Waals surface area contributed by atoms with E-state index in [0.717, 1.165) is 45.5 Å². The van der Waals surface area contributed by atoms with Crippen LogP contribution in [0.1, 0.15) is 26.2 Å². The standard InChI is InChI=1S/C12H22N2O/c1-3-5-6-7-11(13)12-10-14(4-2)8-9-15-12/h1,11-12H,4-10,13H2,2H3. The van der Waals surface area contributed by atoms with Crippen LogP contribution in [0.15, 0.2) is 0 Å². The van der Waals surface area contributed by atoms with Crippen LogP contribution in [0.2, 0.25) is 0 Å². The lowest BCUT2D eigenvalue weighted by Gasteiger charge is -2.35. The molecule has 0 amide bonds. The molecule has 3 heteroatoms. The molecule has 0 aromatic heterocycles. The molecular formula is C12H22N2O. The monoisotopic (exact) mass is 210 g/mol. The van der Waals surface area contributed by atoms with Gasteiger partial charge in [0.1, 0.15) is 0 Å². The predicted octanol–water partition coefficient (Wildman–Crippen LogP) is 0.838. The number of nitrogens with two attached hydrogens (primary N) is 1. The third kappa shape index (κ3) is 4.21. The van der Waals surface area contributed by atoms with E-state index in [1.165, 1.54) is 0 Å². The molecule has 1 heterocycles. The Hall–Kier alpha value is -0.560. The molecule has 2 N–H and O–H groups in total. The number of likely N-dealkylation sites (N-methyl/N-ethyl adjacent to an activating group) is 1. The van der Waals surface area contributed by atoms with Crippen molar-refractivity contribution in [3.05, 3.63) is 0 Å². The van der Waals surface area contributed by atoms with Crippen LogP contribution >= 0.6 is 0 Å². The molecule has 1 aliphatic heterocycles. The van der Waals surface area contributed by atoms with Crippen molar-refractivity contribution < 1.29 is 4.74 Å². The predicted molar refractivity (Wildman–Crippen MR) is 62.5 cm³/mol. The number of nitrogens with zero attached hydrogens (tertiary/aromatic N) is 1. The van der Waals surface area contributed by atoms with Gasteiger partial charge in [-0.1, -0.05) is 6.92 Å². The van der Waals surface area contributed by atoms with Crippen LogP contribution in [0, 0.1) is 12.3 Å².